The Bertz CT molecular complexity index is 490. The Kier molecular flexibility index (Phi) is 4.06. The zero-order valence-corrected chi connectivity index (χ0v) is 10.6. The number of carboxylic acid groups (broad SMARTS) is 1. The number of benzene rings is 1. The molecule has 1 aliphatic rings. The van der Waals surface area contributed by atoms with Crippen molar-refractivity contribution in [1.82, 2.24) is 4.90 Å². The van der Waals surface area contributed by atoms with Gasteiger partial charge < -0.3 is 14.7 Å². The van der Waals surface area contributed by atoms with E-state index in [4.69, 9.17) is 9.84 Å². The van der Waals surface area contributed by atoms with Crippen LogP contribution in [0.25, 0.3) is 0 Å². The molecule has 1 N–H and O–H groups in total. The molecule has 2 rings (SSSR count). The first-order valence-electron chi connectivity index (χ1n) is 6.15. The Labute approximate surface area is 113 Å². The van der Waals surface area contributed by atoms with Gasteiger partial charge in [0.15, 0.2) is 0 Å². The van der Waals surface area contributed by atoms with Crippen LogP contribution in [0.5, 0.6) is 5.75 Å². The molecule has 1 aliphatic heterocycles. The fourth-order valence-corrected chi connectivity index (χ4v) is 2.18. The minimum Gasteiger partial charge on any atom is -0.493 e. The Morgan fingerprint density at radius 1 is 1.40 bits per heavy atom. The van der Waals surface area contributed by atoms with E-state index in [1.54, 1.807) is 0 Å². The van der Waals surface area contributed by atoms with Gasteiger partial charge in [-0.2, -0.15) is 13.2 Å². The fraction of sp³-hybridized carbons (Fsp3) is 0.462. The smallest absolute Gasteiger partial charge is 0.419 e. The van der Waals surface area contributed by atoms with Crippen LogP contribution in [-0.4, -0.2) is 35.8 Å². The second-order valence-electron chi connectivity index (χ2n) is 4.69. The summed E-state index contributed by atoms with van der Waals surface area (Å²) in [5.74, 6) is -0.291. The topological polar surface area (TPSA) is 49.8 Å². The summed E-state index contributed by atoms with van der Waals surface area (Å²) in [6.07, 6.45) is -4.87. The Morgan fingerprint density at radius 3 is 2.70 bits per heavy atom. The van der Waals surface area contributed by atoms with Crippen molar-refractivity contribution >= 4 is 6.09 Å². The van der Waals surface area contributed by atoms with Crippen molar-refractivity contribution in [2.75, 3.05) is 19.7 Å². The molecule has 7 heteroatoms. The molecule has 0 radical (unpaired) electrons. The lowest BCUT2D eigenvalue weighted by molar-refractivity contribution is -0.139. The number of hydrogen-bond donors (Lipinski definition) is 1. The van der Waals surface area contributed by atoms with Gasteiger partial charge in [-0.05, 0) is 18.6 Å². The number of halogens is 3. The Balaban J connectivity index is 1.97. The molecule has 0 aliphatic carbocycles. The second-order valence-corrected chi connectivity index (χ2v) is 4.69. The monoisotopic (exact) mass is 289 g/mol. The zero-order valence-electron chi connectivity index (χ0n) is 10.6. The molecule has 1 aromatic carbocycles. The van der Waals surface area contributed by atoms with Gasteiger partial charge in [-0.3, -0.25) is 0 Å². The van der Waals surface area contributed by atoms with Gasteiger partial charge in [-0.15, -0.1) is 0 Å². The number of carbonyl (C=O) groups is 1. The fourth-order valence-electron chi connectivity index (χ4n) is 2.18. The highest BCUT2D eigenvalue weighted by molar-refractivity contribution is 5.65. The van der Waals surface area contributed by atoms with Crippen LogP contribution in [0.4, 0.5) is 18.0 Å². The van der Waals surface area contributed by atoms with Crippen LogP contribution < -0.4 is 4.74 Å². The number of hydrogen-bond acceptors (Lipinski definition) is 2. The molecule has 1 aromatic rings. The molecule has 1 fully saturated rings. The van der Waals surface area contributed by atoms with E-state index in [9.17, 15) is 18.0 Å². The van der Waals surface area contributed by atoms with Gasteiger partial charge in [0.1, 0.15) is 5.75 Å². The molecule has 0 aromatic heterocycles. The largest absolute Gasteiger partial charge is 0.493 e. The van der Waals surface area contributed by atoms with Crippen molar-refractivity contribution in [2.24, 2.45) is 5.92 Å². The van der Waals surface area contributed by atoms with E-state index < -0.39 is 17.8 Å². The lowest BCUT2D eigenvalue weighted by Gasteiger charge is -2.16. The summed E-state index contributed by atoms with van der Waals surface area (Å²) in [6, 6.07) is 5.01. The van der Waals surface area contributed by atoms with E-state index in [0.29, 0.717) is 19.5 Å². The van der Waals surface area contributed by atoms with Crippen molar-refractivity contribution in [3.05, 3.63) is 29.8 Å². The summed E-state index contributed by atoms with van der Waals surface area (Å²) in [5, 5.41) is 8.80. The molecule has 1 atom stereocenters. The molecule has 1 heterocycles. The summed E-state index contributed by atoms with van der Waals surface area (Å²) in [5.41, 5.74) is -0.812. The summed E-state index contributed by atoms with van der Waals surface area (Å²) < 4.78 is 43.5. The highest BCUT2D eigenvalue weighted by atomic mass is 19.4. The first-order chi connectivity index (χ1) is 9.38. The van der Waals surface area contributed by atoms with E-state index in [-0.39, 0.29) is 18.3 Å². The van der Waals surface area contributed by atoms with E-state index in [1.807, 2.05) is 0 Å². The molecule has 110 valence electrons. The third kappa shape index (κ3) is 3.34. The van der Waals surface area contributed by atoms with Crippen molar-refractivity contribution in [2.45, 2.75) is 12.6 Å². The Hall–Kier alpha value is -1.92. The normalized spacial score (nSPS) is 19.1. The van der Waals surface area contributed by atoms with Crippen molar-refractivity contribution < 1.29 is 27.8 Å². The predicted octanol–water partition coefficient (Wildman–Crippen LogP) is 3.08. The van der Waals surface area contributed by atoms with Gasteiger partial charge in [0, 0.05) is 19.0 Å². The number of rotatable bonds is 3. The number of amides is 1. The molecule has 1 amide bonds. The van der Waals surface area contributed by atoms with E-state index >= 15 is 0 Å². The highest BCUT2D eigenvalue weighted by Crippen LogP contribution is 2.36. The molecule has 0 spiro atoms. The van der Waals surface area contributed by atoms with Crippen LogP contribution in [0.3, 0.4) is 0 Å². The van der Waals surface area contributed by atoms with Crippen LogP contribution in [0.1, 0.15) is 12.0 Å². The average Bonchev–Trinajstić information content (AvgIpc) is 2.84. The molecule has 1 saturated heterocycles. The quantitative estimate of drug-likeness (QED) is 0.930. The number of nitrogens with zero attached hydrogens (tertiary/aromatic N) is 1. The second kappa shape index (κ2) is 5.60. The van der Waals surface area contributed by atoms with Gasteiger partial charge in [-0.25, -0.2) is 4.79 Å². The lowest BCUT2D eigenvalue weighted by atomic mass is 10.1. The van der Waals surface area contributed by atoms with Crippen LogP contribution in [0, 0.1) is 5.92 Å². The van der Waals surface area contributed by atoms with Gasteiger partial charge in [0.05, 0.1) is 12.2 Å². The summed E-state index contributed by atoms with van der Waals surface area (Å²) in [6.45, 7) is 0.769. The van der Waals surface area contributed by atoms with Crippen LogP contribution in [-0.2, 0) is 6.18 Å². The summed E-state index contributed by atoms with van der Waals surface area (Å²) in [4.78, 5) is 12.0. The molecule has 0 bridgehead atoms. The Morgan fingerprint density at radius 2 is 2.10 bits per heavy atom. The molecule has 1 unspecified atom stereocenters. The summed E-state index contributed by atoms with van der Waals surface area (Å²) >= 11 is 0. The molecular formula is C13H14F3NO3. The number of ether oxygens (including phenoxy) is 1. The minimum absolute atomic E-state index is 0.0765. The van der Waals surface area contributed by atoms with E-state index in [1.165, 1.54) is 23.1 Å². The molecular weight excluding hydrogens is 275 g/mol. The number of alkyl halides is 3. The molecule has 0 saturated carbocycles. The van der Waals surface area contributed by atoms with Crippen LogP contribution in [0.2, 0.25) is 0 Å². The SMILES string of the molecule is O=C(O)N1CCC(COc2ccccc2C(F)(F)F)C1. The maximum atomic E-state index is 12.8. The van der Waals surface area contributed by atoms with Crippen molar-refractivity contribution in [1.29, 1.82) is 0 Å². The third-order valence-corrected chi connectivity index (χ3v) is 3.22. The highest BCUT2D eigenvalue weighted by Gasteiger charge is 2.34. The maximum absolute atomic E-state index is 12.8. The van der Waals surface area contributed by atoms with Crippen LogP contribution >= 0.6 is 0 Å². The lowest BCUT2D eigenvalue weighted by Crippen LogP contribution is -2.27. The van der Waals surface area contributed by atoms with Crippen molar-refractivity contribution in [3.63, 3.8) is 0 Å². The average molecular weight is 289 g/mol. The maximum Gasteiger partial charge on any atom is 0.419 e. The van der Waals surface area contributed by atoms with E-state index in [0.717, 1.165) is 6.07 Å². The zero-order chi connectivity index (χ0) is 14.8. The van der Waals surface area contributed by atoms with Crippen molar-refractivity contribution in [3.8, 4) is 5.75 Å². The van der Waals surface area contributed by atoms with Gasteiger partial charge in [0.2, 0.25) is 0 Å². The minimum atomic E-state index is -4.46. The first kappa shape index (κ1) is 14.5. The van der Waals surface area contributed by atoms with E-state index in [2.05, 4.69) is 0 Å². The van der Waals surface area contributed by atoms with Gasteiger partial charge >= 0.3 is 12.3 Å². The number of para-hydroxylation sites is 1. The van der Waals surface area contributed by atoms with Crippen LogP contribution in [0.15, 0.2) is 24.3 Å². The summed E-state index contributed by atoms with van der Waals surface area (Å²) in [7, 11) is 0. The number of likely N-dealkylation sites (tertiary alicyclic amines) is 1. The van der Waals surface area contributed by atoms with Gasteiger partial charge in [-0.1, -0.05) is 12.1 Å². The molecule has 20 heavy (non-hydrogen) atoms. The third-order valence-electron chi connectivity index (χ3n) is 3.22. The standard InChI is InChI=1S/C13H14F3NO3/c14-13(15,16)10-3-1-2-4-11(10)20-8-9-5-6-17(7-9)12(18)19/h1-4,9H,5-8H2,(H,18,19). The first-order valence-corrected chi connectivity index (χ1v) is 6.15. The van der Waals surface area contributed by atoms with Gasteiger partial charge in [0.25, 0.3) is 0 Å². The predicted molar refractivity (Wildman–Crippen MR) is 64.6 cm³/mol. The molecule has 4 nitrogen and oxygen atoms in total.